The number of ether oxygens (including phenoxy) is 3. The first-order valence-electron chi connectivity index (χ1n) is 23.6. The Morgan fingerprint density at radius 1 is 0.750 bits per heavy atom. The van der Waals surface area contributed by atoms with Gasteiger partial charge in [-0.1, -0.05) is 168 Å². The summed E-state index contributed by atoms with van der Waals surface area (Å²) < 4.78 is 41.6. The van der Waals surface area contributed by atoms with E-state index in [-0.39, 0.29) is 31.4 Å². The van der Waals surface area contributed by atoms with Crippen molar-refractivity contribution < 1.29 is 47.4 Å². The molecule has 0 bridgehead atoms. The number of esters is 2. The first-order chi connectivity index (χ1) is 29.0. The molecule has 1 unspecified atom stereocenters. The molecular weight excluding hydrogens is 791 g/mol. The van der Waals surface area contributed by atoms with Gasteiger partial charge in [0.2, 0.25) is 0 Å². The van der Waals surface area contributed by atoms with Crippen molar-refractivity contribution in [1.29, 1.82) is 0 Å². The van der Waals surface area contributed by atoms with Crippen LogP contribution in [0.3, 0.4) is 0 Å². The zero-order valence-electron chi connectivity index (χ0n) is 37.4. The predicted octanol–water partition coefficient (Wildman–Crippen LogP) is 10.0. The molecule has 5 atom stereocenters. The van der Waals surface area contributed by atoms with E-state index in [0.29, 0.717) is 12.8 Å². The normalized spacial score (nSPS) is 18.1. The highest BCUT2D eigenvalue weighted by Crippen LogP contribution is 2.48. The fourth-order valence-corrected chi connectivity index (χ4v) is 8.50. The highest BCUT2D eigenvalue weighted by Gasteiger charge is 2.42. The Balaban J connectivity index is 1.81. The highest BCUT2D eigenvalue weighted by molar-refractivity contribution is 7.47. The van der Waals surface area contributed by atoms with Gasteiger partial charge in [0, 0.05) is 31.0 Å². The van der Waals surface area contributed by atoms with Crippen LogP contribution in [-0.2, 0) is 37.4 Å². The second-order valence-electron chi connectivity index (χ2n) is 16.7. The van der Waals surface area contributed by atoms with Crippen molar-refractivity contribution in [3.8, 4) is 0 Å². The third kappa shape index (κ3) is 24.9. The Morgan fingerprint density at radius 2 is 1.20 bits per heavy atom. The van der Waals surface area contributed by atoms with Crippen LogP contribution in [0.15, 0.2) is 15.8 Å². The maximum atomic E-state index is 13.1. The van der Waals surface area contributed by atoms with Crippen LogP contribution in [0.2, 0.25) is 0 Å². The van der Waals surface area contributed by atoms with E-state index in [2.05, 4.69) is 18.8 Å². The van der Waals surface area contributed by atoms with Crippen LogP contribution in [-0.4, -0.2) is 69.6 Å². The Morgan fingerprint density at radius 3 is 1.67 bits per heavy atom. The largest absolute Gasteiger partial charge is 0.472 e. The molecule has 1 fully saturated rings. The molecule has 348 valence electrons. The quantitative estimate of drug-likeness (QED) is 0.0324. The van der Waals surface area contributed by atoms with Crippen LogP contribution in [0.5, 0.6) is 0 Å². The van der Waals surface area contributed by atoms with Crippen molar-refractivity contribution in [2.75, 3.05) is 19.8 Å². The van der Waals surface area contributed by atoms with Crippen molar-refractivity contribution in [3.05, 3.63) is 32.6 Å². The maximum absolute atomic E-state index is 13.1. The van der Waals surface area contributed by atoms with Gasteiger partial charge in [-0.2, -0.15) is 0 Å². The van der Waals surface area contributed by atoms with Crippen molar-refractivity contribution in [3.63, 3.8) is 0 Å². The minimum atomic E-state index is -4.85. The van der Waals surface area contributed by atoms with Crippen molar-refractivity contribution >= 4 is 19.8 Å². The lowest BCUT2D eigenvalue weighted by molar-refractivity contribution is -0.161. The van der Waals surface area contributed by atoms with Gasteiger partial charge in [0.1, 0.15) is 25.0 Å². The lowest BCUT2D eigenvalue weighted by atomic mass is 10.0. The molecule has 2 heterocycles. The molecule has 1 aliphatic rings. The number of rotatable bonds is 38. The summed E-state index contributed by atoms with van der Waals surface area (Å²) in [5, 5.41) is 9.90. The minimum Gasteiger partial charge on any atom is -0.462 e. The predicted molar refractivity (Wildman–Crippen MR) is 234 cm³/mol. The average Bonchev–Trinajstić information content (AvgIpc) is 3.62. The van der Waals surface area contributed by atoms with Gasteiger partial charge in [-0.25, -0.2) is 9.36 Å². The number of phosphoric ester groups is 1. The van der Waals surface area contributed by atoms with Gasteiger partial charge in [0.05, 0.1) is 13.2 Å². The summed E-state index contributed by atoms with van der Waals surface area (Å²) in [7, 11) is -4.85. The molecule has 15 heteroatoms. The number of phosphoric acid groups is 1. The number of hydrogen-bond acceptors (Lipinski definition) is 11. The number of aliphatic hydroxyl groups excluding tert-OH is 1. The lowest BCUT2D eigenvalue weighted by Crippen LogP contribution is -2.33. The Bertz CT molecular complexity index is 1450. The molecule has 1 saturated heterocycles. The molecule has 60 heavy (non-hydrogen) atoms. The zero-order chi connectivity index (χ0) is 43.9. The van der Waals surface area contributed by atoms with E-state index in [1.165, 1.54) is 129 Å². The summed E-state index contributed by atoms with van der Waals surface area (Å²) in [4.78, 5) is 62.6. The molecule has 0 aromatic carbocycles. The highest BCUT2D eigenvalue weighted by atomic mass is 31.2. The number of H-pyrrole nitrogens is 1. The molecule has 0 radical (unpaired) electrons. The number of aryl methyl sites for hydroxylation is 1. The van der Waals surface area contributed by atoms with Crippen molar-refractivity contribution in [1.82, 2.24) is 9.55 Å². The topological polar surface area (TPSA) is 193 Å². The Kier molecular flexibility index (Phi) is 29.8. The van der Waals surface area contributed by atoms with Crippen molar-refractivity contribution in [2.45, 2.75) is 232 Å². The summed E-state index contributed by atoms with van der Waals surface area (Å²) >= 11 is 0. The Labute approximate surface area is 359 Å². The third-order valence-corrected chi connectivity index (χ3v) is 12.2. The van der Waals surface area contributed by atoms with E-state index >= 15 is 0 Å². The van der Waals surface area contributed by atoms with Crippen LogP contribution < -0.4 is 11.2 Å². The number of nitrogens with one attached hydrogen (secondary N) is 1. The van der Waals surface area contributed by atoms with Crippen LogP contribution in [0.25, 0.3) is 0 Å². The van der Waals surface area contributed by atoms with Crippen LogP contribution >= 0.6 is 7.82 Å². The van der Waals surface area contributed by atoms with Gasteiger partial charge in [0.15, 0.2) is 6.10 Å². The Hall–Kier alpha value is -2.35. The zero-order valence-corrected chi connectivity index (χ0v) is 38.3. The molecule has 2 rings (SSSR count). The SMILES string of the molecule is CCCCCCCCCCCCCCCC(=O)OC[C@H](COP(=O)(O)O[C@H]1C[C@H](n2cc(C)c(=O)[nH]c2=O)O[C@@H]1CO)OC(=O)CCCCCCCCCCCCCCC. The molecule has 0 aliphatic carbocycles. The number of carbonyl (C=O) groups excluding carboxylic acids is 2. The lowest BCUT2D eigenvalue weighted by Gasteiger charge is -2.22. The van der Waals surface area contributed by atoms with E-state index in [4.69, 9.17) is 23.3 Å². The van der Waals surface area contributed by atoms with Gasteiger partial charge in [-0.05, 0) is 19.8 Å². The van der Waals surface area contributed by atoms with Gasteiger partial charge in [0.25, 0.3) is 5.56 Å². The van der Waals surface area contributed by atoms with Gasteiger partial charge in [-0.15, -0.1) is 0 Å². The second kappa shape index (κ2) is 33.2. The summed E-state index contributed by atoms with van der Waals surface area (Å²) in [5.74, 6) is -0.978. The summed E-state index contributed by atoms with van der Waals surface area (Å²) in [6.45, 7) is 4.44. The van der Waals surface area contributed by atoms with E-state index in [0.717, 1.165) is 43.1 Å². The van der Waals surface area contributed by atoms with E-state index in [1.807, 2.05) is 0 Å². The van der Waals surface area contributed by atoms with Crippen LogP contribution in [0, 0.1) is 6.92 Å². The monoisotopic (exact) mass is 873 g/mol. The molecule has 3 N–H and O–H groups in total. The first kappa shape index (κ1) is 53.8. The van der Waals surface area contributed by atoms with E-state index in [1.54, 1.807) is 0 Å². The molecular formula is C45H81N2O12P. The fraction of sp³-hybridized carbons (Fsp3) is 0.867. The molecule has 14 nitrogen and oxygen atoms in total. The van der Waals surface area contributed by atoms with E-state index < -0.39 is 68.8 Å². The molecule has 0 saturated carbocycles. The maximum Gasteiger partial charge on any atom is 0.472 e. The van der Waals surface area contributed by atoms with Crippen molar-refractivity contribution in [2.24, 2.45) is 0 Å². The number of aromatic amines is 1. The number of carbonyl (C=O) groups is 2. The number of hydrogen-bond donors (Lipinski definition) is 3. The number of unbranched alkanes of at least 4 members (excludes halogenated alkanes) is 24. The minimum absolute atomic E-state index is 0.112. The van der Waals surface area contributed by atoms with Crippen LogP contribution in [0.1, 0.15) is 212 Å². The second-order valence-corrected chi connectivity index (χ2v) is 18.1. The molecule has 1 aromatic rings. The van der Waals surface area contributed by atoms with E-state index in [9.17, 15) is 33.7 Å². The molecule has 1 aliphatic heterocycles. The molecule has 0 spiro atoms. The summed E-state index contributed by atoms with van der Waals surface area (Å²) in [6, 6.07) is 0. The smallest absolute Gasteiger partial charge is 0.462 e. The number of aromatic nitrogens is 2. The summed E-state index contributed by atoms with van der Waals surface area (Å²) in [5.41, 5.74) is -1.05. The number of aliphatic hydroxyl groups is 1. The standard InChI is InChI=1S/C45H81N2O12P/c1-4-6-8-10-12-14-16-18-20-22-24-26-28-30-42(49)55-35-38(57-43(50)31-29-27-25-23-21-19-17-15-13-11-9-7-5-2)36-56-60(53,54)59-39-32-41(58-40(39)34-48)47-33-37(3)44(51)46-45(47)52/h33,38-41,48H,4-32,34-36H2,1-3H3,(H,53,54)(H,46,51,52)/t38-,39+,40-,41-/m1/s1. The third-order valence-electron chi connectivity index (χ3n) is 11.2. The van der Waals surface area contributed by atoms with Gasteiger partial charge >= 0.3 is 25.5 Å². The molecule has 1 aromatic heterocycles. The van der Waals surface area contributed by atoms with Gasteiger partial charge < -0.3 is 24.2 Å². The van der Waals surface area contributed by atoms with Gasteiger partial charge in [-0.3, -0.25) is 33.0 Å². The first-order valence-corrected chi connectivity index (χ1v) is 25.1. The fourth-order valence-electron chi connectivity index (χ4n) is 7.52. The van der Waals surface area contributed by atoms with Crippen LogP contribution in [0.4, 0.5) is 0 Å². The number of nitrogens with zero attached hydrogens (tertiary/aromatic N) is 1. The summed E-state index contributed by atoms with van der Waals surface area (Å²) in [6.07, 6.45) is 27.8. The molecule has 0 amide bonds. The average molecular weight is 873 g/mol.